The van der Waals surface area contributed by atoms with E-state index in [9.17, 15) is 0 Å². The summed E-state index contributed by atoms with van der Waals surface area (Å²) < 4.78 is 5.62. The van der Waals surface area contributed by atoms with Gasteiger partial charge in [-0.15, -0.1) is 0 Å². The molecule has 2 aromatic carbocycles. The molecule has 1 aliphatic carbocycles. The molecular weight excluding hydrogens is 308 g/mol. The van der Waals surface area contributed by atoms with E-state index < -0.39 is 0 Å². The monoisotopic (exact) mass is 332 g/mol. The number of likely N-dealkylation sites (N-methyl/N-ethyl adjacent to an activating group) is 1. The predicted molar refractivity (Wildman–Crippen MR) is 101 cm³/mol. The van der Waals surface area contributed by atoms with Crippen molar-refractivity contribution >= 4 is 11.0 Å². The maximum atomic E-state index is 6.04. The third-order valence-electron chi connectivity index (χ3n) is 6.19. The molecule has 0 saturated heterocycles. The zero-order chi connectivity index (χ0) is 17.0. The van der Waals surface area contributed by atoms with Gasteiger partial charge in [-0.2, -0.15) is 0 Å². The van der Waals surface area contributed by atoms with Crippen molar-refractivity contribution in [2.75, 3.05) is 20.1 Å². The van der Waals surface area contributed by atoms with Crippen molar-refractivity contribution in [2.45, 2.75) is 30.7 Å². The van der Waals surface area contributed by atoms with Crippen molar-refractivity contribution in [1.29, 1.82) is 0 Å². The predicted octanol–water partition coefficient (Wildman–Crippen LogP) is 4.00. The maximum absolute atomic E-state index is 6.04. The first-order valence-electron chi connectivity index (χ1n) is 9.18. The van der Waals surface area contributed by atoms with Crippen molar-refractivity contribution in [3.8, 4) is 0 Å². The maximum Gasteiger partial charge on any atom is 0.134 e. The van der Waals surface area contributed by atoms with Gasteiger partial charge >= 0.3 is 0 Å². The van der Waals surface area contributed by atoms with E-state index in [0.29, 0.717) is 5.92 Å². The molecule has 3 heteroatoms. The zero-order valence-electron chi connectivity index (χ0n) is 14.7. The number of fused-ring (bicyclic) bond motifs is 2. The lowest BCUT2D eigenvalue weighted by Crippen LogP contribution is -2.31. The van der Waals surface area contributed by atoms with Crippen LogP contribution >= 0.6 is 0 Å². The molecule has 0 radical (unpaired) electrons. The highest BCUT2D eigenvalue weighted by atomic mass is 16.3. The molecule has 5 rings (SSSR count). The highest BCUT2D eigenvalue weighted by Crippen LogP contribution is 2.48. The minimum atomic E-state index is 0.258. The van der Waals surface area contributed by atoms with Crippen LogP contribution in [0.25, 0.3) is 11.0 Å². The van der Waals surface area contributed by atoms with Gasteiger partial charge in [0.2, 0.25) is 0 Å². The van der Waals surface area contributed by atoms with Gasteiger partial charge in [0.15, 0.2) is 0 Å². The lowest BCUT2D eigenvalue weighted by molar-refractivity contribution is 0.295. The fourth-order valence-corrected chi connectivity index (χ4v) is 4.41. The summed E-state index contributed by atoms with van der Waals surface area (Å²) in [6.07, 6.45) is 4.23. The van der Waals surface area contributed by atoms with Crippen LogP contribution in [0.2, 0.25) is 0 Å². The highest BCUT2D eigenvalue weighted by Gasteiger charge is 2.43. The van der Waals surface area contributed by atoms with Gasteiger partial charge in [0.1, 0.15) is 5.58 Å². The van der Waals surface area contributed by atoms with Crippen LogP contribution in [0.4, 0.5) is 0 Å². The van der Waals surface area contributed by atoms with Crippen LogP contribution in [0.15, 0.2) is 53.1 Å². The minimum absolute atomic E-state index is 0.258. The summed E-state index contributed by atoms with van der Waals surface area (Å²) in [6.45, 7) is 2.82. The Morgan fingerprint density at radius 1 is 1.16 bits per heavy atom. The van der Waals surface area contributed by atoms with Crippen molar-refractivity contribution in [3.63, 3.8) is 0 Å². The first-order valence-corrected chi connectivity index (χ1v) is 9.18. The van der Waals surface area contributed by atoms with E-state index in [1.54, 1.807) is 6.26 Å². The molecule has 128 valence electrons. The lowest BCUT2D eigenvalue weighted by atomic mass is 9.82. The lowest BCUT2D eigenvalue weighted by Gasteiger charge is -2.33. The van der Waals surface area contributed by atoms with Crippen molar-refractivity contribution in [2.24, 2.45) is 5.73 Å². The number of rotatable bonds is 3. The van der Waals surface area contributed by atoms with Crippen LogP contribution < -0.4 is 5.73 Å². The number of hydrogen-bond acceptors (Lipinski definition) is 3. The Kier molecular flexibility index (Phi) is 3.31. The van der Waals surface area contributed by atoms with Crippen molar-refractivity contribution in [3.05, 3.63) is 71.0 Å². The third-order valence-corrected chi connectivity index (χ3v) is 6.19. The Morgan fingerprint density at radius 3 is 2.84 bits per heavy atom. The Balaban J connectivity index is 1.58. The standard InChI is InChI=1S/C22H24N2O/c1-24-12-17-10-18(22(14-23)7-8-22)4-5-19(17)20(13-24)16-3-2-15-6-9-25-21(15)11-16/h2-6,9-11,20H,7-8,12-14,23H2,1H3. The average molecular weight is 332 g/mol. The molecule has 0 bridgehead atoms. The molecule has 25 heavy (non-hydrogen) atoms. The molecule has 1 saturated carbocycles. The van der Waals surface area contributed by atoms with Crippen LogP contribution in [0.1, 0.15) is 41.0 Å². The molecule has 1 aliphatic heterocycles. The van der Waals surface area contributed by atoms with Crippen molar-refractivity contribution in [1.82, 2.24) is 4.90 Å². The van der Waals surface area contributed by atoms with Crippen molar-refractivity contribution < 1.29 is 4.42 Å². The zero-order valence-corrected chi connectivity index (χ0v) is 14.7. The van der Waals surface area contributed by atoms with Gasteiger partial charge in [0, 0.05) is 36.4 Å². The largest absolute Gasteiger partial charge is 0.464 e. The van der Waals surface area contributed by atoms with Crippen LogP contribution in [-0.2, 0) is 12.0 Å². The van der Waals surface area contributed by atoms with Gasteiger partial charge in [-0.1, -0.05) is 30.3 Å². The van der Waals surface area contributed by atoms with E-state index in [4.69, 9.17) is 10.2 Å². The summed E-state index contributed by atoms with van der Waals surface area (Å²) in [5.74, 6) is 0.394. The molecule has 3 nitrogen and oxygen atoms in total. The van der Waals surface area contributed by atoms with E-state index in [0.717, 1.165) is 25.2 Å². The van der Waals surface area contributed by atoms with Crippen LogP contribution in [0.3, 0.4) is 0 Å². The number of furan rings is 1. The van der Waals surface area contributed by atoms with Gasteiger partial charge in [0.25, 0.3) is 0 Å². The minimum Gasteiger partial charge on any atom is -0.464 e. The Hall–Kier alpha value is -2.10. The molecule has 1 aromatic heterocycles. The summed E-state index contributed by atoms with van der Waals surface area (Å²) in [7, 11) is 2.21. The van der Waals surface area contributed by atoms with E-state index in [-0.39, 0.29) is 5.41 Å². The van der Waals surface area contributed by atoms with E-state index in [2.05, 4.69) is 48.3 Å². The number of nitrogens with two attached hydrogens (primary N) is 1. The fraction of sp³-hybridized carbons (Fsp3) is 0.364. The van der Waals surface area contributed by atoms with E-state index in [1.165, 1.54) is 40.5 Å². The quantitative estimate of drug-likeness (QED) is 0.788. The van der Waals surface area contributed by atoms with Crippen LogP contribution in [0, 0.1) is 0 Å². The Labute approximate surface area is 148 Å². The molecule has 0 spiro atoms. The number of hydrogen-bond donors (Lipinski definition) is 1. The van der Waals surface area contributed by atoms with Gasteiger partial charge in [0.05, 0.1) is 6.26 Å². The average Bonchev–Trinajstić information content (AvgIpc) is 3.30. The summed E-state index contributed by atoms with van der Waals surface area (Å²) >= 11 is 0. The summed E-state index contributed by atoms with van der Waals surface area (Å²) in [5.41, 5.74) is 13.0. The molecule has 2 aliphatic rings. The first kappa shape index (κ1) is 15.2. The summed E-state index contributed by atoms with van der Waals surface area (Å²) in [5, 5.41) is 1.17. The van der Waals surface area contributed by atoms with E-state index in [1.807, 2.05) is 6.07 Å². The first-order chi connectivity index (χ1) is 12.2. The molecule has 1 fully saturated rings. The topological polar surface area (TPSA) is 42.4 Å². The normalized spacial score (nSPS) is 22.1. The van der Waals surface area contributed by atoms with Gasteiger partial charge in [-0.05, 0) is 54.3 Å². The third kappa shape index (κ3) is 2.42. The second kappa shape index (κ2) is 5.45. The highest BCUT2D eigenvalue weighted by molar-refractivity contribution is 5.78. The summed E-state index contributed by atoms with van der Waals surface area (Å²) in [4.78, 5) is 2.42. The summed E-state index contributed by atoms with van der Waals surface area (Å²) in [6, 6.07) is 15.7. The number of nitrogens with zero attached hydrogens (tertiary/aromatic N) is 1. The molecule has 3 aromatic rings. The molecule has 1 unspecified atom stereocenters. The number of benzene rings is 2. The van der Waals surface area contributed by atoms with Crippen LogP contribution in [-0.4, -0.2) is 25.0 Å². The molecule has 1 atom stereocenters. The second-order valence-corrected chi connectivity index (χ2v) is 7.87. The van der Waals surface area contributed by atoms with Gasteiger partial charge < -0.3 is 15.1 Å². The fourth-order valence-electron chi connectivity index (χ4n) is 4.41. The second-order valence-electron chi connectivity index (χ2n) is 7.87. The van der Waals surface area contributed by atoms with Gasteiger partial charge in [-0.3, -0.25) is 0 Å². The molecular formula is C22H24N2O. The van der Waals surface area contributed by atoms with E-state index >= 15 is 0 Å². The van der Waals surface area contributed by atoms with Crippen LogP contribution in [0.5, 0.6) is 0 Å². The smallest absolute Gasteiger partial charge is 0.134 e. The molecule has 0 amide bonds. The molecule has 2 heterocycles. The Bertz CT molecular complexity index is 938. The SMILES string of the molecule is CN1Cc2cc(C3(CN)CC3)ccc2C(c2ccc3ccoc3c2)C1. The Morgan fingerprint density at radius 2 is 2.04 bits per heavy atom. The van der Waals surface area contributed by atoms with Gasteiger partial charge in [-0.25, -0.2) is 0 Å². The molecule has 2 N–H and O–H groups in total.